The highest BCUT2D eigenvalue weighted by atomic mass is 16.5. The first-order valence-corrected chi connectivity index (χ1v) is 11.7. The van der Waals surface area contributed by atoms with Gasteiger partial charge in [0.25, 0.3) is 5.56 Å². The molecule has 4 heterocycles. The summed E-state index contributed by atoms with van der Waals surface area (Å²) < 4.78 is 9.47. The van der Waals surface area contributed by atoms with E-state index in [2.05, 4.69) is 59.1 Å². The molecule has 6 heteroatoms. The Balaban J connectivity index is 1.54. The Morgan fingerprint density at radius 2 is 1.79 bits per heavy atom. The molecular formula is C27H26N4O2. The fourth-order valence-electron chi connectivity index (χ4n) is 5.18. The lowest BCUT2D eigenvalue weighted by Gasteiger charge is -2.24. The fourth-order valence-corrected chi connectivity index (χ4v) is 5.18. The van der Waals surface area contributed by atoms with E-state index in [1.54, 1.807) is 6.33 Å². The van der Waals surface area contributed by atoms with Gasteiger partial charge in [0.1, 0.15) is 5.65 Å². The molecule has 1 fully saturated rings. The molecule has 0 unspecified atom stereocenters. The maximum Gasteiger partial charge on any atom is 0.261 e. The summed E-state index contributed by atoms with van der Waals surface area (Å²) in [6.07, 6.45) is 8.12. The third kappa shape index (κ3) is 3.33. The molecule has 0 aliphatic carbocycles. The number of fused-ring (bicyclic) bond motifs is 4. The summed E-state index contributed by atoms with van der Waals surface area (Å²) in [4.78, 5) is 23.0. The Labute approximate surface area is 191 Å². The van der Waals surface area contributed by atoms with Crippen molar-refractivity contribution in [2.75, 3.05) is 13.2 Å². The zero-order chi connectivity index (χ0) is 22.4. The predicted molar refractivity (Wildman–Crippen MR) is 131 cm³/mol. The molecule has 0 atom stereocenters. The molecule has 1 saturated heterocycles. The van der Waals surface area contributed by atoms with Crippen LogP contribution in [0, 0.1) is 0 Å². The third-order valence-corrected chi connectivity index (χ3v) is 6.94. The van der Waals surface area contributed by atoms with E-state index < -0.39 is 0 Å². The van der Waals surface area contributed by atoms with Crippen LogP contribution in [0.2, 0.25) is 0 Å². The van der Waals surface area contributed by atoms with Crippen molar-refractivity contribution in [3.05, 3.63) is 82.7 Å². The van der Waals surface area contributed by atoms with Crippen molar-refractivity contribution < 1.29 is 4.74 Å². The van der Waals surface area contributed by atoms with Gasteiger partial charge >= 0.3 is 0 Å². The second-order valence-corrected chi connectivity index (χ2v) is 8.76. The van der Waals surface area contributed by atoms with Gasteiger partial charge in [-0.05, 0) is 60.9 Å². The van der Waals surface area contributed by atoms with Gasteiger partial charge in [-0.25, -0.2) is 9.97 Å². The molecule has 0 spiro atoms. The molecule has 0 bridgehead atoms. The molecule has 0 amide bonds. The molecule has 33 heavy (non-hydrogen) atoms. The topological polar surface area (TPSA) is 61.9 Å². The second-order valence-electron chi connectivity index (χ2n) is 8.76. The van der Waals surface area contributed by atoms with E-state index in [1.807, 2.05) is 16.8 Å². The summed E-state index contributed by atoms with van der Waals surface area (Å²) in [5.74, 6) is 0. The average molecular weight is 439 g/mol. The number of aryl methyl sites for hydroxylation is 1. The molecule has 5 aromatic rings. The molecule has 0 N–H and O–H groups in total. The molecule has 2 aromatic carbocycles. The van der Waals surface area contributed by atoms with E-state index in [-0.39, 0.29) is 11.6 Å². The SMILES string of the molecule is CCn1ccc2c(Cc3cc4c(=O)n(C5CCOCC5)cnc4c4ccccc34)ccnc21. The highest BCUT2D eigenvalue weighted by Crippen LogP contribution is 2.30. The normalized spacial score (nSPS) is 15.1. The van der Waals surface area contributed by atoms with E-state index in [0.717, 1.165) is 58.7 Å². The Hall–Kier alpha value is -3.51. The van der Waals surface area contributed by atoms with Crippen LogP contribution in [0.4, 0.5) is 0 Å². The summed E-state index contributed by atoms with van der Waals surface area (Å²) in [6.45, 7) is 4.39. The van der Waals surface area contributed by atoms with E-state index in [1.165, 1.54) is 5.56 Å². The number of aromatic nitrogens is 4. The first-order valence-electron chi connectivity index (χ1n) is 11.7. The molecule has 1 aliphatic rings. The van der Waals surface area contributed by atoms with Crippen molar-refractivity contribution in [2.24, 2.45) is 0 Å². The van der Waals surface area contributed by atoms with Crippen LogP contribution in [0.25, 0.3) is 32.7 Å². The third-order valence-electron chi connectivity index (χ3n) is 6.94. The van der Waals surface area contributed by atoms with Crippen molar-refractivity contribution in [3.8, 4) is 0 Å². The van der Waals surface area contributed by atoms with Gasteiger partial charge in [-0.2, -0.15) is 0 Å². The van der Waals surface area contributed by atoms with Crippen LogP contribution in [0.5, 0.6) is 0 Å². The Kier molecular flexibility index (Phi) is 4.95. The molecule has 0 saturated carbocycles. The van der Waals surface area contributed by atoms with E-state index in [0.29, 0.717) is 18.6 Å². The summed E-state index contributed by atoms with van der Waals surface area (Å²) in [6, 6.07) is 14.7. The molecular weight excluding hydrogens is 412 g/mol. The summed E-state index contributed by atoms with van der Waals surface area (Å²) in [5, 5.41) is 4.02. The number of hydrogen-bond donors (Lipinski definition) is 0. The lowest BCUT2D eigenvalue weighted by Crippen LogP contribution is -2.29. The number of pyridine rings is 1. The number of rotatable bonds is 4. The van der Waals surface area contributed by atoms with Crippen molar-refractivity contribution >= 4 is 32.7 Å². The minimum absolute atomic E-state index is 0.0379. The Morgan fingerprint density at radius 3 is 2.61 bits per heavy atom. The smallest absolute Gasteiger partial charge is 0.261 e. The molecule has 6 nitrogen and oxygen atoms in total. The maximum absolute atomic E-state index is 13.6. The quantitative estimate of drug-likeness (QED) is 0.376. The highest BCUT2D eigenvalue weighted by molar-refractivity contribution is 6.06. The van der Waals surface area contributed by atoms with Crippen LogP contribution >= 0.6 is 0 Å². The number of benzene rings is 2. The first kappa shape index (κ1) is 20.1. The zero-order valence-corrected chi connectivity index (χ0v) is 18.7. The van der Waals surface area contributed by atoms with Crippen LogP contribution in [0.1, 0.15) is 36.9 Å². The number of nitrogens with zero attached hydrogens (tertiary/aromatic N) is 4. The molecule has 1 aliphatic heterocycles. The molecule has 166 valence electrons. The van der Waals surface area contributed by atoms with Crippen LogP contribution in [0.3, 0.4) is 0 Å². The van der Waals surface area contributed by atoms with Crippen molar-refractivity contribution in [1.82, 2.24) is 19.1 Å². The first-order chi connectivity index (χ1) is 16.2. The van der Waals surface area contributed by atoms with Gasteiger partial charge in [-0.1, -0.05) is 24.3 Å². The monoisotopic (exact) mass is 438 g/mol. The van der Waals surface area contributed by atoms with E-state index >= 15 is 0 Å². The van der Waals surface area contributed by atoms with Crippen LogP contribution in [0.15, 0.2) is 66.0 Å². The fraction of sp³-hybridized carbons (Fsp3) is 0.296. The summed E-state index contributed by atoms with van der Waals surface area (Å²) in [7, 11) is 0. The Morgan fingerprint density at radius 1 is 0.970 bits per heavy atom. The summed E-state index contributed by atoms with van der Waals surface area (Å²) >= 11 is 0. The van der Waals surface area contributed by atoms with Crippen LogP contribution in [-0.2, 0) is 17.7 Å². The van der Waals surface area contributed by atoms with Gasteiger partial charge in [-0.15, -0.1) is 0 Å². The van der Waals surface area contributed by atoms with Gasteiger partial charge in [0.2, 0.25) is 0 Å². The highest BCUT2D eigenvalue weighted by Gasteiger charge is 2.20. The number of ether oxygens (including phenoxy) is 1. The van der Waals surface area contributed by atoms with E-state index in [4.69, 9.17) is 9.72 Å². The minimum Gasteiger partial charge on any atom is -0.381 e. The van der Waals surface area contributed by atoms with Gasteiger partial charge in [0, 0.05) is 49.0 Å². The van der Waals surface area contributed by atoms with Crippen molar-refractivity contribution in [2.45, 2.75) is 38.8 Å². The van der Waals surface area contributed by atoms with Gasteiger partial charge in [0.15, 0.2) is 0 Å². The largest absolute Gasteiger partial charge is 0.381 e. The van der Waals surface area contributed by atoms with Crippen LogP contribution in [-0.4, -0.2) is 32.3 Å². The second kappa shape index (κ2) is 8.12. The van der Waals surface area contributed by atoms with Gasteiger partial charge in [0.05, 0.1) is 17.2 Å². The van der Waals surface area contributed by atoms with Gasteiger partial charge < -0.3 is 9.30 Å². The number of hydrogen-bond acceptors (Lipinski definition) is 4. The summed E-state index contributed by atoms with van der Waals surface area (Å²) in [5.41, 5.74) is 4.17. The van der Waals surface area contributed by atoms with Crippen molar-refractivity contribution in [3.63, 3.8) is 0 Å². The maximum atomic E-state index is 13.6. The zero-order valence-electron chi connectivity index (χ0n) is 18.7. The Bertz CT molecular complexity index is 1540. The van der Waals surface area contributed by atoms with Gasteiger partial charge in [-0.3, -0.25) is 9.36 Å². The lowest BCUT2D eigenvalue weighted by atomic mass is 9.95. The van der Waals surface area contributed by atoms with E-state index in [9.17, 15) is 4.79 Å². The minimum atomic E-state index is 0.0379. The standard InChI is InChI=1S/C27H26N4O2/c1-2-30-12-8-22-18(7-11-28-26(22)30)15-19-16-24-25(23-6-4-3-5-21(19)23)29-17-31(27(24)32)20-9-13-33-14-10-20/h3-8,11-12,16-17,20H,2,9-10,13-15H2,1H3. The average Bonchev–Trinajstić information content (AvgIpc) is 3.29. The molecule has 0 radical (unpaired) electrons. The lowest BCUT2D eigenvalue weighted by molar-refractivity contribution is 0.0685. The predicted octanol–water partition coefficient (Wildman–Crippen LogP) is 4.86. The van der Waals surface area contributed by atoms with Crippen molar-refractivity contribution in [1.29, 1.82) is 0 Å². The molecule has 6 rings (SSSR count). The van der Waals surface area contributed by atoms with Crippen LogP contribution < -0.4 is 5.56 Å². The molecule has 3 aromatic heterocycles.